The van der Waals surface area contributed by atoms with Gasteiger partial charge in [0.2, 0.25) is 0 Å². The minimum atomic E-state index is 0.429. The highest BCUT2D eigenvalue weighted by Gasteiger charge is 2.08. The van der Waals surface area contributed by atoms with Gasteiger partial charge in [-0.25, -0.2) is 0 Å². The lowest BCUT2D eigenvalue weighted by Crippen LogP contribution is -2.23. The number of thiophene rings is 1. The molecule has 0 amide bonds. The van der Waals surface area contributed by atoms with Gasteiger partial charge in [0.25, 0.3) is 0 Å². The SMILES string of the molecule is CCC(C)CN(C)Cc1sccc1C#CCN. The molecule has 0 saturated carbocycles. The number of nitrogens with zero attached hydrogens (tertiary/aromatic N) is 1. The van der Waals surface area contributed by atoms with E-state index in [9.17, 15) is 0 Å². The van der Waals surface area contributed by atoms with Crippen LogP contribution in [0.25, 0.3) is 0 Å². The topological polar surface area (TPSA) is 29.3 Å². The maximum Gasteiger partial charge on any atom is 0.0555 e. The second-order valence-electron chi connectivity index (χ2n) is 4.47. The van der Waals surface area contributed by atoms with E-state index in [1.54, 1.807) is 11.3 Å². The summed E-state index contributed by atoms with van der Waals surface area (Å²) in [6.45, 7) is 7.08. The molecule has 0 aliphatic carbocycles. The van der Waals surface area contributed by atoms with E-state index in [1.165, 1.54) is 11.3 Å². The zero-order chi connectivity index (χ0) is 12.7. The molecule has 0 spiro atoms. The zero-order valence-electron chi connectivity index (χ0n) is 11.0. The van der Waals surface area contributed by atoms with Gasteiger partial charge in [-0.15, -0.1) is 11.3 Å². The molecule has 1 heterocycles. The van der Waals surface area contributed by atoms with Gasteiger partial charge in [0.15, 0.2) is 0 Å². The van der Waals surface area contributed by atoms with Crippen molar-refractivity contribution in [2.45, 2.75) is 26.8 Å². The van der Waals surface area contributed by atoms with Gasteiger partial charge < -0.3 is 10.6 Å². The van der Waals surface area contributed by atoms with Crippen LogP contribution in [0.5, 0.6) is 0 Å². The summed E-state index contributed by atoms with van der Waals surface area (Å²) >= 11 is 1.78. The molecule has 2 N–H and O–H groups in total. The van der Waals surface area contributed by atoms with E-state index in [0.717, 1.165) is 24.6 Å². The van der Waals surface area contributed by atoms with Crippen molar-refractivity contribution in [1.82, 2.24) is 4.90 Å². The minimum absolute atomic E-state index is 0.429. The summed E-state index contributed by atoms with van der Waals surface area (Å²) in [4.78, 5) is 3.71. The molecule has 3 heteroatoms. The second kappa shape index (κ2) is 7.50. The molecule has 0 saturated heterocycles. The highest BCUT2D eigenvalue weighted by Crippen LogP contribution is 2.18. The quantitative estimate of drug-likeness (QED) is 0.814. The molecule has 1 aromatic rings. The monoisotopic (exact) mass is 250 g/mol. The van der Waals surface area contributed by atoms with Gasteiger partial charge in [-0.2, -0.15) is 0 Å². The Morgan fingerprint density at radius 2 is 2.29 bits per heavy atom. The molecule has 2 nitrogen and oxygen atoms in total. The fourth-order valence-corrected chi connectivity index (χ4v) is 2.60. The largest absolute Gasteiger partial charge is 0.320 e. The van der Waals surface area contributed by atoms with Crippen molar-refractivity contribution in [3.8, 4) is 11.8 Å². The molecule has 1 unspecified atom stereocenters. The van der Waals surface area contributed by atoms with Crippen LogP contribution in [0.15, 0.2) is 11.4 Å². The van der Waals surface area contributed by atoms with Gasteiger partial charge in [-0.05, 0) is 24.4 Å². The predicted octanol–water partition coefficient (Wildman–Crippen LogP) is 2.54. The summed E-state index contributed by atoms with van der Waals surface area (Å²) in [7, 11) is 2.17. The summed E-state index contributed by atoms with van der Waals surface area (Å²) in [6, 6.07) is 2.08. The lowest BCUT2D eigenvalue weighted by molar-refractivity contribution is 0.277. The number of hydrogen-bond donors (Lipinski definition) is 1. The van der Waals surface area contributed by atoms with Crippen molar-refractivity contribution in [2.24, 2.45) is 11.7 Å². The first-order valence-corrected chi connectivity index (χ1v) is 6.99. The Labute approximate surface area is 109 Å². The average molecular weight is 250 g/mol. The van der Waals surface area contributed by atoms with Crippen LogP contribution in [-0.2, 0) is 6.54 Å². The first-order chi connectivity index (χ1) is 8.17. The fraction of sp³-hybridized carbons (Fsp3) is 0.571. The van der Waals surface area contributed by atoms with E-state index in [-0.39, 0.29) is 0 Å². The van der Waals surface area contributed by atoms with Crippen molar-refractivity contribution in [3.63, 3.8) is 0 Å². The lowest BCUT2D eigenvalue weighted by atomic mass is 10.1. The molecule has 94 valence electrons. The molecule has 1 atom stereocenters. The maximum absolute atomic E-state index is 5.40. The summed E-state index contributed by atoms with van der Waals surface area (Å²) in [5.41, 5.74) is 6.54. The van der Waals surface area contributed by atoms with Crippen LogP contribution in [0.2, 0.25) is 0 Å². The first kappa shape index (κ1) is 14.2. The summed E-state index contributed by atoms with van der Waals surface area (Å²) in [5.74, 6) is 6.81. The highest BCUT2D eigenvalue weighted by atomic mass is 32.1. The van der Waals surface area contributed by atoms with Crippen molar-refractivity contribution >= 4 is 11.3 Å². The molecule has 1 rings (SSSR count). The van der Waals surface area contributed by atoms with Crippen LogP contribution in [0.4, 0.5) is 0 Å². The van der Waals surface area contributed by atoms with Gasteiger partial charge in [-0.3, -0.25) is 0 Å². The first-order valence-electron chi connectivity index (χ1n) is 6.11. The van der Waals surface area contributed by atoms with Crippen LogP contribution in [0, 0.1) is 17.8 Å². The van der Waals surface area contributed by atoms with E-state index in [0.29, 0.717) is 6.54 Å². The summed E-state index contributed by atoms with van der Waals surface area (Å²) in [6.07, 6.45) is 1.23. The smallest absolute Gasteiger partial charge is 0.0555 e. The van der Waals surface area contributed by atoms with E-state index >= 15 is 0 Å². The molecule has 0 aliphatic heterocycles. The Hall–Kier alpha value is -0.820. The normalized spacial score (nSPS) is 12.3. The summed E-state index contributed by atoms with van der Waals surface area (Å²) < 4.78 is 0. The lowest BCUT2D eigenvalue weighted by Gasteiger charge is -2.19. The third-order valence-corrected chi connectivity index (χ3v) is 3.71. The molecule has 1 aromatic heterocycles. The Morgan fingerprint density at radius 1 is 1.53 bits per heavy atom. The van der Waals surface area contributed by atoms with Gasteiger partial charge in [-0.1, -0.05) is 32.1 Å². The van der Waals surface area contributed by atoms with E-state index in [1.807, 2.05) is 0 Å². The molecule has 17 heavy (non-hydrogen) atoms. The van der Waals surface area contributed by atoms with Crippen LogP contribution >= 0.6 is 11.3 Å². The second-order valence-corrected chi connectivity index (χ2v) is 5.47. The van der Waals surface area contributed by atoms with E-state index in [2.05, 4.69) is 49.1 Å². The molecule has 0 aliphatic rings. The minimum Gasteiger partial charge on any atom is -0.320 e. The number of nitrogens with two attached hydrogens (primary N) is 1. The van der Waals surface area contributed by atoms with Gasteiger partial charge in [0, 0.05) is 23.5 Å². The van der Waals surface area contributed by atoms with Crippen molar-refractivity contribution in [2.75, 3.05) is 20.1 Å². The standard InChI is InChI=1S/C14H22N2S/c1-4-12(2)10-16(3)11-14-13(6-5-8-15)7-9-17-14/h7,9,12H,4,8,10-11,15H2,1-3H3. The third kappa shape index (κ3) is 4.91. The molecule has 0 radical (unpaired) electrons. The number of hydrogen-bond acceptors (Lipinski definition) is 3. The van der Waals surface area contributed by atoms with Crippen LogP contribution < -0.4 is 5.73 Å². The molecule has 0 bridgehead atoms. The third-order valence-electron chi connectivity index (χ3n) is 2.80. The molecule has 0 fully saturated rings. The van der Waals surface area contributed by atoms with Crippen molar-refractivity contribution in [1.29, 1.82) is 0 Å². The average Bonchev–Trinajstić information content (AvgIpc) is 2.73. The van der Waals surface area contributed by atoms with E-state index in [4.69, 9.17) is 5.73 Å². The zero-order valence-corrected chi connectivity index (χ0v) is 11.8. The Morgan fingerprint density at radius 3 is 2.94 bits per heavy atom. The van der Waals surface area contributed by atoms with Crippen LogP contribution in [0.1, 0.15) is 30.7 Å². The molecular formula is C14H22N2S. The van der Waals surface area contributed by atoms with Crippen molar-refractivity contribution in [3.05, 3.63) is 21.9 Å². The van der Waals surface area contributed by atoms with E-state index < -0.39 is 0 Å². The molecular weight excluding hydrogens is 228 g/mol. The van der Waals surface area contributed by atoms with Crippen LogP contribution in [-0.4, -0.2) is 25.0 Å². The maximum atomic E-state index is 5.40. The Kier molecular flexibility index (Phi) is 6.28. The van der Waals surface area contributed by atoms with Gasteiger partial charge in [0.05, 0.1) is 6.54 Å². The number of rotatable bonds is 5. The molecule has 0 aromatic carbocycles. The Balaban J connectivity index is 2.59. The van der Waals surface area contributed by atoms with Crippen molar-refractivity contribution < 1.29 is 0 Å². The van der Waals surface area contributed by atoms with Gasteiger partial charge in [0.1, 0.15) is 0 Å². The Bertz CT molecular complexity index is 386. The fourth-order valence-electron chi connectivity index (χ4n) is 1.69. The van der Waals surface area contributed by atoms with Crippen LogP contribution in [0.3, 0.4) is 0 Å². The predicted molar refractivity (Wildman–Crippen MR) is 76.0 cm³/mol. The van der Waals surface area contributed by atoms with Gasteiger partial charge >= 0.3 is 0 Å². The summed E-state index contributed by atoms with van der Waals surface area (Å²) in [5, 5.41) is 2.10. The highest BCUT2D eigenvalue weighted by molar-refractivity contribution is 7.10.